The fourth-order valence-corrected chi connectivity index (χ4v) is 3.21. The standard InChI is InChI=1S/C12H14N2O2S2/c1-6-4-5-18-10(6)9-8(11(15)16-3)7(2)13-12(17)14-9/h4-5,9H,1-3H3,(H2,13,14,17)/t9-/m1/s1. The third-order valence-electron chi connectivity index (χ3n) is 2.84. The average molecular weight is 282 g/mol. The van der Waals surface area contributed by atoms with Crippen LogP contribution in [0.4, 0.5) is 0 Å². The molecule has 2 rings (SSSR count). The van der Waals surface area contributed by atoms with Crippen LogP contribution < -0.4 is 10.6 Å². The highest BCUT2D eigenvalue weighted by atomic mass is 32.1. The number of methoxy groups -OCH3 is 1. The smallest absolute Gasteiger partial charge is 0.337 e. The Kier molecular flexibility index (Phi) is 3.68. The summed E-state index contributed by atoms with van der Waals surface area (Å²) in [5.41, 5.74) is 2.46. The van der Waals surface area contributed by atoms with E-state index in [-0.39, 0.29) is 12.0 Å². The van der Waals surface area contributed by atoms with Crippen molar-refractivity contribution >= 4 is 34.6 Å². The van der Waals surface area contributed by atoms with Gasteiger partial charge in [-0.1, -0.05) is 0 Å². The molecule has 0 aliphatic carbocycles. The second-order valence-electron chi connectivity index (χ2n) is 4.03. The van der Waals surface area contributed by atoms with Gasteiger partial charge in [0.05, 0.1) is 18.7 Å². The van der Waals surface area contributed by atoms with Crippen LogP contribution in [0.2, 0.25) is 0 Å². The highest BCUT2D eigenvalue weighted by molar-refractivity contribution is 7.80. The first-order valence-electron chi connectivity index (χ1n) is 5.45. The van der Waals surface area contributed by atoms with E-state index in [1.54, 1.807) is 11.3 Å². The number of hydrogen-bond donors (Lipinski definition) is 2. The summed E-state index contributed by atoms with van der Waals surface area (Å²) in [5.74, 6) is -0.340. The molecule has 1 atom stereocenters. The molecule has 18 heavy (non-hydrogen) atoms. The molecule has 2 N–H and O–H groups in total. The molecule has 1 aliphatic rings. The van der Waals surface area contributed by atoms with Crippen LogP contribution in [-0.2, 0) is 9.53 Å². The van der Waals surface area contributed by atoms with Crippen molar-refractivity contribution in [1.82, 2.24) is 10.6 Å². The van der Waals surface area contributed by atoms with E-state index in [1.165, 1.54) is 7.11 Å². The maximum atomic E-state index is 11.9. The second kappa shape index (κ2) is 5.07. The van der Waals surface area contributed by atoms with Crippen molar-refractivity contribution in [2.24, 2.45) is 0 Å². The van der Waals surface area contributed by atoms with Gasteiger partial charge in [0.1, 0.15) is 0 Å². The summed E-state index contributed by atoms with van der Waals surface area (Å²) in [4.78, 5) is 13.0. The first-order valence-corrected chi connectivity index (χ1v) is 6.74. The van der Waals surface area contributed by atoms with Gasteiger partial charge in [0, 0.05) is 10.6 Å². The van der Waals surface area contributed by atoms with Gasteiger partial charge in [0.25, 0.3) is 0 Å². The average Bonchev–Trinajstić information content (AvgIpc) is 2.73. The molecule has 0 saturated heterocycles. The van der Waals surface area contributed by atoms with E-state index < -0.39 is 0 Å². The van der Waals surface area contributed by atoms with Gasteiger partial charge in [-0.3, -0.25) is 0 Å². The van der Waals surface area contributed by atoms with Gasteiger partial charge in [-0.15, -0.1) is 11.3 Å². The predicted molar refractivity (Wildman–Crippen MR) is 75.4 cm³/mol. The Hall–Kier alpha value is -1.40. The molecule has 1 aromatic rings. The quantitative estimate of drug-likeness (QED) is 0.642. The molecular weight excluding hydrogens is 268 g/mol. The molecule has 0 saturated carbocycles. The van der Waals surface area contributed by atoms with Crippen molar-refractivity contribution in [3.05, 3.63) is 33.2 Å². The van der Waals surface area contributed by atoms with Crippen LogP contribution >= 0.6 is 23.6 Å². The summed E-state index contributed by atoms with van der Waals surface area (Å²) in [7, 11) is 1.38. The van der Waals surface area contributed by atoms with Gasteiger partial charge in [0.15, 0.2) is 5.11 Å². The summed E-state index contributed by atoms with van der Waals surface area (Å²) in [6.45, 7) is 3.85. The van der Waals surface area contributed by atoms with Gasteiger partial charge in [-0.25, -0.2) is 4.79 Å². The number of nitrogens with one attached hydrogen (secondary N) is 2. The van der Waals surface area contributed by atoms with Crippen LogP contribution in [0.5, 0.6) is 0 Å². The number of carbonyl (C=O) groups excluding carboxylic acids is 1. The summed E-state index contributed by atoms with van der Waals surface area (Å²) in [5, 5.41) is 8.61. The summed E-state index contributed by atoms with van der Waals surface area (Å²) in [6.07, 6.45) is 0. The molecule has 1 aliphatic heterocycles. The highest BCUT2D eigenvalue weighted by Gasteiger charge is 2.31. The first kappa shape index (κ1) is 13.0. The largest absolute Gasteiger partial charge is 0.466 e. The SMILES string of the molecule is COC(=O)C1=C(C)NC(=S)N[C@H]1c1sccc1C. The molecule has 0 bridgehead atoms. The van der Waals surface area contributed by atoms with Gasteiger partial charge in [-0.05, 0) is 43.1 Å². The third-order valence-corrected chi connectivity index (χ3v) is 4.14. The zero-order valence-electron chi connectivity index (χ0n) is 10.4. The molecule has 0 aromatic carbocycles. The van der Waals surface area contributed by atoms with Crippen molar-refractivity contribution < 1.29 is 9.53 Å². The number of ether oxygens (including phenoxy) is 1. The summed E-state index contributed by atoms with van der Waals surface area (Å²) < 4.78 is 4.85. The zero-order valence-corrected chi connectivity index (χ0v) is 12.0. The molecule has 96 valence electrons. The number of esters is 1. The zero-order chi connectivity index (χ0) is 13.3. The minimum atomic E-state index is -0.340. The van der Waals surface area contributed by atoms with E-state index in [2.05, 4.69) is 10.6 Å². The van der Waals surface area contributed by atoms with Crippen molar-refractivity contribution in [2.75, 3.05) is 7.11 Å². The molecule has 0 spiro atoms. The van der Waals surface area contributed by atoms with Crippen LogP contribution in [0.25, 0.3) is 0 Å². The summed E-state index contributed by atoms with van der Waals surface area (Å²) in [6, 6.07) is 1.79. The third kappa shape index (κ3) is 2.26. The molecule has 0 radical (unpaired) electrons. The number of hydrogen-bond acceptors (Lipinski definition) is 4. The van der Waals surface area contributed by atoms with Crippen LogP contribution in [0.3, 0.4) is 0 Å². The van der Waals surface area contributed by atoms with Gasteiger partial charge in [0.2, 0.25) is 0 Å². The number of aryl methyl sites for hydroxylation is 1. The van der Waals surface area contributed by atoms with Crippen LogP contribution in [0.15, 0.2) is 22.7 Å². The fraction of sp³-hybridized carbons (Fsp3) is 0.333. The fourth-order valence-electron chi connectivity index (χ4n) is 1.95. The normalized spacial score (nSPS) is 19.3. The Balaban J connectivity index is 2.49. The Morgan fingerprint density at radius 1 is 1.50 bits per heavy atom. The highest BCUT2D eigenvalue weighted by Crippen LogP contribution is 2.32. The lowest BCUT2D eigenvalue weighted by molar-refractivity contribution is -0.136. The minimum Gasteiger partial charge on any atom is -0.466 e. The molecule has 0 fully saturated rings. The molecule has 4 nitrogen and oxygen atoms in total. The Morgan fingerprint density at radius 3 is 2.78 bits per heavy atom. The van der Waals surface area contributed by atoms with Crippen LogP contribution in [0.1, 0.15) is 23.4 Å². The van der Waals surface area contributed by atoms with E-state index in [4.69, 9.17) is 17.0 Å². The second-order valence-corrected chi connectivity index (χ2v) is 5.39. The van der Waals surface area contributed by atoms with Crippen molar-refractivity contribution in [2.45, 2.75) is 19.9 Å². The molecule has 0 unspecified atom stereocenters. The maximum absolute atomic E-state index is 11.9. The molecular formula is C12H14N2O2S2. The number of thiophene rings is 1. The lowest BCUT2D eigenvalue weighted by Crippen LogP contribution is -2.45. The van der Waals surface area contributed by atoms with Gasteiger partial charge < -0.3 is 15.4 Å². The first-order chi connectivity index (χ1) is 8.54. The van der Waals surface area contributed by atoms with Crippen LogP contribution in [-0.4, -0.2) is 18.2 Å². The van der Waals surface area contributed by atoms with Crippen molar-refractivity contribution in [1.29, 1.82) is 0 Å². The van der Waals surface area contributed by atoms with E-state index >= 15 is 0 Å². The summed E-state index contributed by atoms with van der Waals surface area (Å²) >= 11 is 6.75. The minimum absolute atomic E-state index is 0.230. The molecule has 6 heteroatoms. The topological polar surface area (TPSA) is 50.4 Å². The number of rotatable bonds is 2. The van der Waals surface area contributed by atoms with Crippen molar-refractivity contribution in [3.8, 4) is 0 Å². The molecule has 0 amide bonds. The van der Waals surface area contributed by atoms with E-state index in [0.29, 0.717) is 10.7 Å². The Morgan fingerprint density at radius 2 is 2.22 bits per heavy atom. The van der Waals surface area contributed by atoms with Gasteiger partial charge in [-0.2, -0.15) is 0 Å². The van der Waals surface area contributed by atoms with E-state index in [0.717, 1.165) is 16.1 Å². The Labute approximate surface area is 115 Å². The molecule has 2 heterocycles. The lowest BCUT2D eigenvalue weighted by atomic mass is 10.00. The number of carbonyl (C=O) groups is 1. The number of thiocarbonyl (C=S) groups is 1. The van der Waals surface area contributed by atoms with Gasteiger partial charge >= 0.3 is 5.97 Å². The maximum Gasteiger partial charge on any atom is 0.337 e. The monoisotopic (exact) mass is 282 g/mol. The predicted octanol–water partition coefficient (Wildman–Crippen LogP) is 2.02. The number of allylic oxidation sites excluding steroid dienone is 1. The molecule has 1 aromatic heterocycles. The van der Waals surface area contributed by atoms with Crippen molar-refractivity contribution in [3.63, 3.8) is 0 Å². The van der Waals surface area contributed by atoms with Crippen LogP contribution in [0, 0.1) is 6.92 Å². The van der Waals surface area contributed by atoms with E-state index in [1.807, 2.05) is 25.3 Å². The lowest BCUT2D eigenvalue weighted by Gasteiger charge is -2.29. The Bertz CT molecular complexity index is 534. The van der Waals surface area contributed by atoms with E-state index in [9.17, 15) is 4.79 Å².